The zero-order valence-corrected chi connectivity index (χ0v) is 11.6. The number of pyridine rings is 1. The highest BCUT2D eigenvalue weighted by molar-refractivity contribution is 6.30. The number of nitrogens with zero attached hydrogens (tertiary/aromatic N) is 1. The zero-order chi connectivity index (χ0) is 13.4. The van der Waals surface area contributed by atoms with Crippen LogP contribution in [0, 0.1) is 0 Å². The van der Waals surface area contributed by atoms with Crippen LogP contribution < -0.4 is 0 Å². The number of ketones is 1. The van der Waals surface area contributed by atoms with Gasteiger partial charge in [0.15, 0.2) is 5.78 Å². The van der Waals surface area contributed by atoms with Crippen molar-refractivity contribution in [2.45, 2.75) is 18.8 Å². The summed E-state index contributed by atoms with van der Waals surface area (Å²) in [6, 6.07) is 10.9. The van der Waals surface area contributed by atoms with Gasteiger partial charge in [-0.15, -0.1) is 0 Å². The molecule has 1 aliphatic carbocycles. The Labute approximate surface area is 121 Å². The Morgan fingerprint density at radius 1 is 1.05 bits per heavy atom. The molecule has 1 aliphatic rings. The van der Waals surface area contributed by atoms with Gasteiger partial charge < -0.3 is 0 Å². The standard InChI is InChI=1S/C15H11Cl2NO/c16-10-3-1-9(2-4-10)11-5-7-13-12(15(11)19)6-8-14(17)18-13/h1-4,6,8,11H,5,7H2. The summed E-state index contributed by atoms with van der Waals surface area (Å²) in [4.78, 5) is 16.7. The molecule has 19 heavy (non-hydrogen) atoms. The number of carbonyl (C=O) groups excluding carboxylic acids is 1. The lowest BCUT2D eigenvalue weighted by Crippen LogP contribution is -2.21. The van der Waals surface area contributed by atoms with Crippen LogP contribution in [-0.4, -0.2) is 10.8 Å². The van der Waals surface area contributed by atoms with Crippen LogP contribution in [0.3, 0.4) is 0 Å². The van der Waals surface area contributed by atoms with Gasteiger partial charge in [0, 0.05) is 16.5 Å². The van der Waals surface area contributed by atoms with Crippen LogP contribution in [0.1, 0.15) is 34.0 Å². The Bertz CT molecular complexity index is 637. The number of carbonyl (C=O) groups is 1. The summed E-state index contributed by atoms with van der Waals surface area (Å²) in [5.41, 5.74) is 2.51. The minimum absolute atomic E-state index is 0.104. The number of hydrogen-bond acceptors (Lipinski definition) is 2. The van der Waals surface area contributed by atoms with Crippen LogP contribution in [0.5, 0.6) is 0 Å². The first-order chi connectivity index (χ1) is 9.15. The first-order valence-electron chi connectivity index (χ1n) is 6.10. The third-order valence-corrected chi connectivity index (χ3v) is 3.93. The first-order valence-corrected chi connectivity index (χ1v) is 6.86. The molecule has 0 radical (unpaired) electrons. The summed E-state index contributed by atoms with van der Waals surface area (Å²) in [7, 11) is 0. The quantitative estimate of drug-likeness (QED) is 0.733. The van der Waals surface area contributed by atoms with Crippen molar-refractivity contribution in [2.75, 3.05) is 0 Å². The fourth-order valence-corrected chi connectivity index (χ4v) is 2.79. The Hall–Kier alpha value is -1.38. The molecule has 3 rings (SSSR count). The number of aromatic nitrogens is 1. The van der Waals surface area contributed by atoms with Crippen molar-refractivity contribution in [1.29, 1.82) is 0 Å². The molecule has 2 aromatic rings. The van der Waals surface area contributed by atoms with Gasteiger partial charge in [-0.2, -0.15) is 0 Å². The lowest BCUT2D eigenvalue weighted by Gasteiger charge is -2.23. The molecule has 0 amide bonds. The number of hydrogen-bond donors (Lipinski definition) is 0. The van der Waals surface area contributed by atoms with Gasteiger partial charge in [-0.3, -0.25) is 4.79 Å². The minimum atomic E-state index is -0.104. The van der Waals surface area contributed by atoms with E-state index in [1.807, 2.05) is 24.3 Å². The van der Waals surface area contributed by atoms with Crippen LogP contribution >= 0.6 is 23.2 Å². The third-order valence-electron chi connectivity index (χ3n) is 3.46. The van der Waals surface area contributed by atoms with Gasteiger partial charge in [0.25, 0.3) is 0 Å². The van der Waals surface area contributed by atoms with Crippen molar-refractivity contribution in [3.8, 4) is 0 Å². The summed E-state index contributed by atoms with van der Waals surface area (Å²) >= 11 is 11.7. The zero-order valence-electron chi connectivity index (χ0n) is 10.1. The summed E-state index contributed by atoms with van der Waals surface area (Å²) in [6.07, 6.45) is 1.54. The fourth-order valence-electron chi connectivity index (χ4n) is 2.50. The summed E-state index contributed by atoms with van der Waals surface area (Å²) in [6.45, 7) is 0. The molecule has 1 atom stereocenters. The molecule has 1 aromatic carbocycles. The smallest absolute Gasteiger partial charge is 0.172 e. The van der Waals surface area contributed by atoms with Gasteiger partial charge >= 0.3 is 0 Å². The Morgan fingerprint density at radius 2 is 1.79 bits per heavy atom. The largest absolute Gasteiger partial charge is 0.293 e. The van der Waals surface area contributed by atoms with E-state index in [-0.39, 0.29) is 11.7 Å². The van der Waals surface area contributed by atoms with E-state index in [1.54, 1.807) is 12.1 Å². The molecule has 1 aromatic heterocycles. The molecular weight excluding hydrogens is 281 g/mol. The summed E-state index contributed by atoms with van der Waals surface area (Å²) in [5, 5.41) is 1.12. The number of rotatable bonds is 1. The summed E-state index contributed by atoms with van der Waals surface area (Å²) < 4.78 is 0. The van der Waals surface area contributed by atoms with Gasteiger partial charge in [-0.25, -0.2) is 4.98 Å². The molecule has 0 saturated heterocycles. The topological polar surface area (TPSA) is 30.0 Å². The van der Waals surface area contributed by atoms with Gasteiger partial charge in [0.1, 0.15) is 5.15 Å². The van der Waals surface area contributed by atoms with E-state index in [1.165, 1.54) is 0 Å². The van der Waals surface area contributed by atoms with Gasteiger partial charge in [0.05, 0.1) is 5.69 Å². The molecule has 0 fully saturated rings. The second-order valence-electron chi connectivity index (χ2n) is 4.64. The van der Waals surface area contributed by atoms with Crippen molar-refractivity contribution in [3.05, 3.63) is 63.4 Å². The molecule has 0 N–H and O–H groups in total. The number of halogens is 2. The second kappa shape index (κ2) is 4.95. The van der Waals surface area contributed by atoms with Crippen LogP contribution in [0.25, 0.3) is 0 Å². The Morgan fingerprint density at radius 3 is 2.53 bits per heavy atom. The van der Waals surface area contributed by atoms with Gasteiger partial charge in [0.2, 0.25) is 0 Å². The molecule has 1 heterocycles. The fraction of sp³-hybridized carbons (Fsp3) is 0.200. The maximum Gasteiger partial charge on any atom is 0.172 e. The van der Waals surface area contributed by atoms with E-state index in [2.05, 4.69) is 4.98 Å². The number of aryl methyl sites for hydroxylation is 1. The molecule has 1 unspecified atom stereocenters. The molecule has 2 nitrogen and oxygen atoms in total. The molecule has 96 valence electrons. The van der Waals surface area contributed by atoms with E-state index in [0.717, 1.165) is 24.1 Å². The average Bonchev–Trinajstić information content (AvgIpc) is 2.40. The number of benzene rings is 1. The van der Waals surface area contributed by atoms with Gasteiger partial charge in [-0.05, 0) is 42.7 Å². The summed E-state index contributed by atoms with van der Waals surface area (Å²) in [5.74, 6) is 0.0143. The van der Waals surface area contributed by atoms with Crippen LogP contribution in [-0.2, 0) is 6.42 Å². The van der Waals surface area contributed by atoms with Crippen LogP contribution in [0.2, 0.25) is 10.2 Å². The van der Waals surface area contributed by atoms with E-state index in [0.29, 0.717) is 15.7 Å². The van der Waals surface area contributed by atoms with E-state index >= 15 is 0 Å². The first kappa shape index (κ1) is 12.6. The molecule has 0 aliphatic heterocycles. The minimum Gasteiger partial charge on any atom is -0.293 e. The predicted molar refractivity (Wildman–Crippen MR) is 76.1 cm³/mol. The highest BCUT2D eigenvalue weighted by atomic mass is 35.5. The lowest BCUT2D eigenvalue weighted by molar-refractivity contribution is 0.0945. The van der Waals surface area contributed by atoms with Gasteiger partial charge in [-0.1, -0.05) is 35.3 Å². The molecule has 0 spiro atoms. The second-order valence-corrected chi connectivity index (χ2v) is 5.46. The molecule has 0 bridgehead atoms. The molecule has 0 saturated carbocycles. The lowest BCUT2D eigenvalue weighted by atomic mass is 9.81. The van der Waals surface area contributed by atoms with Crippen molar-refractivity contribution in [3.63, 3.8) is 0 Å². The van der Waals surface area contributed by atoms with Crippen molar-refractivity contribution in [2.24, 2.45) is 0 Å². The third kappa shape index (κ3) is 2.38. The van der Waals surface area contributed by atoms with Crippen LogP contribution in [0.4, 0.5) is 0 Å². The van der Waals surface area contributed by atoms with E-state index in [9.17, 15) is 4.79 Å². The highest BCUT2D eigenvalue weighted by Crippen LogP contribution is 2.32. The maximum absolute atomic E-state index is 12.5. The average molecular weight is 292 g/mol. The highest BCUT2D eigenvalue weighted by Gasteiger charge is 2.29. The maximum atomic E-state index is 12.5. The number of fused-ring (bicyclic) bond motifs is 1. The number of Topliss-reactive ketones (excluding diaryl/α,β-unsaturated/α-hetero) is 1. The Kier molecular flexibility index (Phi) is 3.29. The van der Waals surface area contributed by atoms with Crippen molar-refractivity contribution < 1.29 is 4.79 Å². The molecule has 4 heteroatoms. The normalized spacial score (nSPS) is 18.2. The SMILES string of the molecule is O=C1c2ccc(Cl)nc2CCC1c1ccc(Cl)cc1. The predicted octanol–water partition coefficient (Wildman–Crippen LogP) is 4.30. The van der Waals surface area contributed by atoms with Crippen LogP contribution in [0.15, 0.2) is 36.4 Å². The molecular formula is C15H11Cl2NO. The van der Waals surface area contributed by atoms with E-state index in [4.69, 9.17) is 23.2 Å². The Balaban J connectivity index is 1.97. The van der Waals surface area contributed by atoms with Crippen molar-refractivity contribution in [1.82, 2.24) is 4.98 Å². The van der Waals surface area contributed by atoms with E-state index < -0.39 is 0 Å². The monoisotopic (exact) mass is 291 g/mol. The van der Waals surface area contributed by atoms with Crippen molar-refractivity contribution >= 4 is 29.0 Å².